The molecule has 0 saturated carbocycles. The van der Waals surface area contributed by atoms with Crippen molar-refractivity contribution in [3.8, 4) is 0 Å². The van der Waals surface area contributed by atoms with Gasteiger partial charge >= 0.3 is 5.97 Å². The Morgan fingerprint density at radius 2 is 1.61 bits per heavy atom. The number of aliphatic hydroxyl groups excluding tert-OH is 1. The molecule has 0 aliphatic rings. The zero-order valence-corrected chi connectivity index (χ0v) is 15.9. The summed E-state index contributed by atoms with van der Waals surface area (Å²) in [5.74, 6) is -3.44. The fourth-order valence-corrected chi connectivity index (χ4v) is 2.43. The number of hydrogen-bond acceptors (Lipinski definition) is 7. The van der Waals surface area contributed by atoms with E-state index in [0.29, 0.717) is 0 Å². The van der Waals surface area contributed by atoms with Gasteiger partial charge in [0.15, 0.2) is 0 Å². The number of carbonyl (C=O) groups excluding carboxylic acids is 3. The van der Waals surface area contributed by atoms with E-state index in [9.17, 15) is 19.2 Å². The summed E-state index contributed by atoms with van der Waals surface area (Å²) in [5.41, 5.74) is 6.22. The van der Waals surface area contributed by atoms with E-state index in [-0.39, 0.29) is 12.2 Å². The number of carbonyl (C=O) groups is 4. The van der Waals surface area contributed by atoms with Crippen molar-refractivity contribution < 1.29 is 29.4 Å². The van der Waals surface area contributed by atoms with Crippen LogP contribution in [0.15, 0.2) is 30.3 Å². The van der Waals surface area contributed by atoms with Gasteiger partial charge in [0.05, 0.1) is 6.61 Å². The third-order valence-corrected chi connectivity index (χ3v) is 4.04. The molecule has 0 saturated heterocycles. The first-order valence-corrected chi connectivity index (χ1v) is 9.03. The third kappa shape index (κ3) is 7.94. The molecule has 0 aromatic heterocycles. The van der Waals surface area contributed by atoms with Gasteiger partial charge in [-0.2, -0.15) is 12.6 Å². The molecule has 0 aliphatic heterocycles. The summed E-state index contributed by atoms with van der Waals surface area (Å²) in [5, 5.41) is 24.7. The second-order valence-electron chi connectivity index (χ2n) is 5.90. The fourth-order valence-electron chi connectivity index (χ4n) is 2.17. The van der Waals surface area contributed by atoms with Gasteiger partial charge in [0.1, 0.15) is 24.7 Å². The van der Waals surface area contributed by atoms with Crippen LogP contribution in [-0.4, -0.2) is 70.9 Å². The van der Waals surface area contributed by atoms with Gasteiger partial charge in [-0.1, -0.05) is 30.3 Å². The highest BCUT2D eigenvalue weighted by Gasteiger charge is 2.27. The summed E-state index contributed by atoms with van der Waals surface area (Å²) in [4.78, 5) is 47.2. The molecule has 0 bridgehead atoms. The number of amides is 3. The second-order valence-corrected chi connectivity index (χ2v) is 6.26. The number of hydrogen-bond donors (Lipinski definition) is 7. The molecule has 28 heavy (non-hydrogen) atoms. The second kappa shape index (κ2) is 12.0. The molecule has 3 unspecified atom stereocenters. The molecule has 3 amide bonds. The highest BCUT2D eigenvalue weighted by atomic mass is 32.1. The maximum Gasteiger partial charge on any atom is 0.322 e. The number of benzene rings is 1. The summed E-state index contributed by atoms with van der Waals surface area (Å²) in [7, 11) is 0. The lowest BCUT2D eigenvalue weighted by atomic mass is 10.0. The Hall–Kier alpha value is -2.63. The monoisotopic (exact) mass is 412 g/mol. The van der Waals surface area contributed by atoms with E-state index in [1.165, 1.54) is 0 Å². The molecule has 1 aromatic rings. The normalized spacial score (nSPS) is 13.7. The van der Waals surface area contributed by atoms with Gasteiger partial charge in [0.25, 0.3) is 0 Å². The number of carboxylic acids is 1. The number of aliphatic hydroxyl groups is 1. The molecule has 1 aromatic carbocycles. The Balaban J connectivity index is 2.87. The topological polar surface area (TPSA) is 171 Å². The van der Waals surface area contributed by atoms with Gasteiger partial charge in [-0.15, -0.1) is 0 Å². The van der Waals surface area contributed by atoms with E-state index in [1.807, 2.05) is 0 Å². The number of nitrogens with two attached hydrogens (primary N) is 1. The zero-order valence-electron chi connectivity index (χ0n) is 15.0. The van der Waals surface area contributed by atoms with Gasteiger partial charge in [0, 0.05) is 12.2 Å². The van der Waals surface area contributed by atoms with Crippen LogP contribution in [-0.2, 0) is 25.6 Å². The van der Waals surface area contributed by atoms with E-state index in [1.54, 1.807) is 30.3 Å². The zero-order chi connectivity index (χ0) is 21.1. The first-order chi connectivity index (χ1) is 13.3. The molecule has 0 aliphatic carbocycles. The predicted molar refractivity (Wildman–Crippen MR) is 104 cm³/mol. The molecule has 7 N–H and O–H groups in total. The molecule has 0 radical (unpaired) electrons. The summed E-state index contributed by atoms with van der Waals surface area (Å²) in [6.07, 6.45) is 0.118. The van der Waals surface area contributed by atoms with Crippen LogP contribution < -0.4 is 21.7 Å². The van der Waals surface area contributed by atoms with Crippen LogP contribution in [0, 0.1) is 0 Å². The summed E-state index contributed by atoms with van der Waals surface area (Å²) in [6, 6.07) is 5.47. The molecule has 0 fully saturated rings. The average molecular weight is 412 g/mol. The summed E-state index contributed by atoms with van der Waals surface area (Å²) in [6.45, 7) is -1.20. The van der Waals surface area contributed by atoms with Gasteiger partial charge in [-0.05, 0) is 5.56 Å². The van der Waals surface area contributed by atoms with Crippen molar-refractivity contribution in [1.29, 1.82) is 0 Å². The van der Waals surface area contributed by atoms with Crippen LogP contribution in [0.2, 0.25) is 0 Å². The highest BCUT2D eigenvalue weighted by Crippen LogP contribution is 2.05. The Bertz CT molecular complexity index is 687. The fraction of sp³-hybridized carbons (Fsp3) is 0.412. The number of aliphatic carboxylic acids is 1. The van der Waals surface area contributed by atoms with Crippen molar-refractivity contribution in [2.24, 2.45) is 5.73 Å². The molecule has 154 valence electrons. The lowest BCUT2D eigenvalue weighted by Gasteiger charge is -2.23. The minimum absolute atomic E-state index is 0.0840. The SMILES string of the molecule is NC(CO)C(=O)NC(Cc1ccccc1)C(=O)NC(CS)C(=O)NCC(=O)O. The lowest BCUT2D eigenvalue weighted by Crippen LogP contribution is -2.57. The molecular formula is C17H24N4O6S. The van der Waals surface area contributed by atoms with Crippen LogP contribution in [0.5, 0.6) is 0 Å². The van der Waals surface area contributed by atoms with Crippen molar-refractivity contribution in [1.82, 2.24) is 16.0 Å². The molecule has 11 heteroatoms. The Kier molecular flexibility index (Phi) is 9.99. The molecular weight excluding hydrogens is 388 g/mol. The minimum Gasteiger partial charge on any atom is -0.480 e. The maximum atomic E-state index is 12.6. The van der Waals surface area contributed by atoms with E-state index in [2.05, 4.69) is 28.6 Å². The van der Waals surface area contributed by atoms with E-state index in [4.69, 9.17) is 15.9 Å². The molecule has 1 rings (SSSR count). The quantitative estimate of drug-likeness (QED) is 0.199. The molecule has 0 heterocycles. The van der Waals surface area contributed by atoms with Gasteiger partial charge < -0.3 is 31.9 Å². The predicted octanol–water partition coefficient (Wildman–Crippen LogP) is -2.35. The van der Waals surface area contributed by atoms with E-state index < -0.39 is 55.0 Å². The van der Waals surface area contributed by atoms with Gasteiger partial charge in [-0.25, -0.2) is 0 Å². The van der Waals surface area contributed by atoms with Crippen molar-refractivity contribution >= 4 is 36.3 Å². The smallest absolute Gasteiger partial charge is 0.322 e. The number of rotatable bonds is 11. The first-order valence-electron chi connectivity index (χ1n) is 8.40. The molecule has 10 nitrogen and oxygen atoms in total. The van der Waals surface area contributed by atoms with Crippen molar-refractivity contribution in [3.63, 3.8) is 0 Å². The van der Waals surface area contributed by atoms with Gasteiger partial charge in [0.2, 0.25) is 17.7 Å². The van der Waals surface area contributed by atoms with Crippen molar-refractivity contribution in [3.05, 3.63) is 35.9 Å². The lowest BCUT2D eigenvalue weighted by molar-refractivity contribution is -0.138. The van der Waals surface area contributed by atoms with E-state index >= 15 is 0 Å². The molecule has 0 spiro atoms. The summed E-state index contributed by atoms with van der Waals surface area (Å²) < 4.78 is 0. The number of thiol groups is 1. The Morgan fingerprint density at radius 3 is 2.14 bits per heavy atom. The third-order valence-electron chi connectivity index (χ3n) is 3.68. The standard InChI is InChI=1S/C17H24N4O6S/c18-11(8-22)15(25)20-12(6-10-4-2-1-3-5-10)17(27)21-13(9-28)16(26)19-7-14(23)24/h1-5,11-13,22,28H,6-9,18H2,(H,19,26)(H,20,25)(H,21,27)(H,23,24). The molecule has 3 atom stereocenters. The van der Waals surface area contributed by atoms with Crippen LogP contribution in [0.1, 0.15) is 5.56 Å². The van der Waals surface area contributed by atoms with E-state index in [0.717, 1.165) is 5.56 Å². The van der Waals surface area contributed by atoms with Crippen LogP contribution in [0.3, 0.4) is 0 Å². The van der Waals surface area contributed by atoms with Crippen molar-refractivity contribution in [2.45, 2.75) is 24.5 Å². The number of carboxylic acid groups (broad SMARTS) is 1. The maximum absolute atomic E-state index is 12.6. The summed E-state index contributed by atoms with van der Waals surface area (Å²) >= 11 is 4.00. The highest BCUT2D eigenvalue weighted by molar-refractivity contribution is 7.80. The van der Waals surface area contributed by atoms with Crippen molar-refractivity contribution in [2.75, 3.05) is 18.9 Å². The van der Waals surface area contributed by atoms with Crippen LogP contribution in [0.4, 0.5) is 0 Å². The largest absolute Gasteiger partial charge is 0.480 e. The van der Waals surface area contributed by atoms with Gasteiger partial charge in [-0.3, -0.25) is 19.2 Å². The average Bonchev–Trinajstić information content (AvgIpc) is 2.69. The Labute approximate surface area is 167 Å². The first kappa shape index (κ1) is 23.4. The number of nitrogens with one attached hydrogen (secondary N) is 3. The Morgan fingerprint density at radius 1 is 1.00 bits per heavy atom. The minimum atomic E-state index is -1.23. The van der Waals surface area contributed by atoms with Crippen LogP contribution in [0.25, 0.3) is 0 Å². The van der Waals surface area contributed by atoms with Crippen LogP contribution >= 0.6 is 12.6 Å².